The van der Waals surface area contributed by atoms with E-state index in [-0.39, 0.29) is 19.0 Å². The fourth-order valence-electron chi connectivity index (χ4n) is 2.01. The summed E-state index contributed by atoms with van der Waals surface area (Å²) in [5.41, 5.74) is 0. The number of hydrogen-bond acceptors (Lipinski definition) is 4. The highest BCUT2D eigenvalue weighted by Crippen LogP contribution is 2.12. The molecule has 0 aromatic heterocycles. The van der Waals surface area contributed by atoms with Crippen LogP contribution in [0.15, 0.2) is 48.6 Å². The van der Waals surface area contributed by atoms with Crippen molar-refractivity contribution in [3.63, 3.8) is 0 Å². The summed E-state index contributed by atoms with van der Waals surface area (Å²) in [6.45, 7) is 7.58. The molecule has 0 aromatic rings. The van der Waals surface area contributed by atoms with Gasteiger partial charge < -0.3 is 19.7 Å². The summed E-state index contributed by atoms with van der Waals surface area (Å²) in [6, 6.07) is 0. The van der Waals surface area contributed by atoms with Gasteiger partial charge in [-0.2, -0.15) is 0 Å². The van der Waals surface area contributed by atoms with Crippen molar-refractivity contribution in [2.24, 2.45) is 0 Å². The van der Waals surface area contributed by atoms with Crippen LogP contribution in [0.5, 0.6) is 0 Å². The maximum Gasteiger partial charge on any atom is 0.147 e. The molecule has 0 rings (SSSR count). The molecular weight excluding hydrogens is 292 g/mol. The third kappa shape index (κ3) is 10.2. The minimum absolute atomic E-state index is 0.0215. The quantitative estimate of drug-likeness (QED) is 0.426. The summed E-state index contributed by atoms with van der Waals surface area (Å²) >= 11 is 0. The van der Waals surface area contributed by atoms with Crippen molar-refractivity contribution in [2.45, 2.75) is 65.0 Å². The lowest BCUT2D eigenvalue weighted by molar-refractivity contribution is -0.151. The predicted octanol–water partition coefficient (Wildman–Crippen LogP) is 3.52. The van der Waals surface area contributed by atoms with E-state index in [4.69, 9.17) is 9.47 Å². The van der Waals surface area contributed by atoms with Crippen molar-refractivity contribution in [3.8, 4) is 0 Å². The fourth-order valence-corrected chi connectivity index (χ4v) is 2.01. The number of aliphatic hydroxyl groups is 2. The minimum atomic E-state index is -0.686. The van der Waals surface area contributed by atoms with E-state index < -0.39 is 12.2 Å². The Hall–Kier alpha value is -1.20. The largest absolute Gasteiger partial charge is 0.386 e. The minimum Gasteiger partial charge on any atom is -0.386 e. The highest BCUT2D eigenvalue weighted by Gasteiger charge is 2.19. The summed E-state index contributed by atoms with van der Waals surface area (Å²) in [5.74, 6) is 0. The molecule has 2 N–H and O–H groups in total. The lowest BCUT2D eigenvalue weighted by Crippen LogP contribution is -2.32. The second-order valence-electron chi connectivity index (χ2n) is 5.17. The highest BCUT2D eigenvalue weighted by molar-refractivity contribution is 4.95. The number of ether oxygens (including phenoxy) is 2. The number of aliphatic hydroxyl groups excluding tert-OH is 2. The Balaban J connectivity index is 4.59. The molecule has 4 unspecified atom stereocenters. The summed E-state index contributed by atoms with van der Waals surface area (Å²) in [7, 11) is 0. The molecule has 0 aliphatic rings. The molecule has 0 radical (unpaired) electrons. The van der Waals surface area contributed by atoms with Crippen LogP contribution >= 0.6 is 0 Å². The first-order valence-electron chi connectivity index (χ1n) is 8.17. The van der Waals surface area contributed by atoms with E-state index in [1.54, 1.807) is 24.3 Å². The van der Waals surface area contributed by atoms with Crippen LogP contribution < -0.4 is 0 Å². The van der Waals surface area contributed by atoms with Gasteiger partial charge in [0.25, 0.3) is 0 Å². The molecule has 4 nitrogen and oxygen atoms in total. The van der Waals surface area contributed by atoms with Gasteiger partial charge in [0, 0.05) is 0 Å². The molecular formula is C19H32O4. The molecule has 0 aromatic carbocycles. The van der Waals surface area contributed by atoms with Gasteiger partial charge in [0.15, 0.2) is 0 Å². The third-order valence-electron chi connectivity index (χ3n) is 3.31. The van der Waals surface area contributed by atoms with Gasteiger partial charge in [-0.3, -0.25) is 0 Å². The van der Waals surface area contributed by atoms with E-state index in [9.17, 15) is 10.2 Å². The van der Waals surface area contributed by atoms with Crippen LogP contribution in [0.2, 0.25) is 0 Å². The van der Waals surface area contributed by atoms with Crippen molar-refractivity contribution in [2.75, 3.05) is 6.79 Å². The van der Waals surface area contributed by atoms with Crippen molar-refractivity contribution in [3.05, 3.63) is 48.6 Å². The summed E-state index contributed by atoms with van der Waals surface area (Å²) in [4.78, 5) is 0. The smallest absolute Gasteiger partial charge is 0.147 e. The van der Waals surface area contributed by atoms with Gasteiger partial charge in [0.1, 0.15) is 6.79 Å². The SMILES string of the molecule is CC=CCC(OCOC(CC=CC)C(O)C=CC)C(O)C=CC. The van der Waals surface area contributed by atoms with Gasteiger partial charge in [-0.25, -0.2) is 0 Å². The van der Waals surface area contributed by atoms with Crippen LogP contribution in [0.3, 0.4) is 0 Å². The van der Waals surface area contributed by atoms with E-state index in [0.29, 0.717) is 12.8 Å². The zero-order valence-electron chi connectivity index (χ0n) is 14.8. The fraction of sp³-hybridized carbons (Fsp3) is 0.579. The average Bonchev–Trinajstić information content (AvgIpc) is 2.53. The van der Waals surface area contributed by atoms with Gasteiger partial charge in [-0.1, -0.05) is 48.6 Å². The predicted molar refractivity (Wildman–Crippen MR) is 95.1 cm³/mol. The van der Waals surface area contributed by atoms with Gasteiger partial charge >= 0.3 is 0 Å². The second kappa shape index (κ2) is 14.4. The first-order chi connectivity index (χ1) is 11.1. The van der Waals surface area contributed by atoms with Crippen molar-refractivity contribution in [1.29, 1.82) is 0 Å². The van der Waals surface area contributed by atoms with E-state index in [1.807, 2.05) is 52.0 Å². The van der Waals surface area contributed by atoms with Crippen LogP contribution in [0.1, 0.15) is 40.5 Å². The Kier molecular flexibility index (Phi) is 13.6. The van der Waals surface area contributed by atoms with Crippen LogP contribution in [-0.4, -0.2) is 41.4 Å². The van der Waals surface area contributed by atoms with E-state index >= 15 is 0 Å². The molecule has 0 amide bonds. The van der Waals surface area contributed by atoms with Gasteiger partial charge in [-0.15, -0.1) is 0 Å². The van der Waals surface area contributed by atoms with Crippen LogP contribution in [0, 0.1) is 0 Å². The van der Waals surface area contributed by atoms with E-state index in [0.717, 1.165) is 0 Å². The Morgan fingerprint density at radius 1 is 0.696 bits per heavy atom. The Labute approximate surface area is 140 Å². The Morgan fingerprint density at radius 3 is 1.39 bits per heavy atom. The molecule has 0 aliphatic carbocycles. The van der Waals surface area contributed by atoms with Crippen LogP contribution in [0.4, 0.5) is 0 Å². The lowest BCUT2D eigenvalue weighted by atomic mass is 10.1. The summed E-state index contributed by atoms with van der Waals surface area (Å²) in [5, 5.41) is 20.1. The average molecular weight is 324 g/mol. The topological polar surface area (TPSA) is 58.9 Å². The zero-order chi connectivity index (χ0) is 17.5. The molecule has 0 heterocycles. The number of allylic oxidation sites excluding steroid dienone is 4. The van der Waals surface area contributed by atoms with Gasteiger partial charge in [0.05, 0.1) is 24.4 Å². The first-order valence-corrected chi connectivity index (χ1v) is 8.17. The molecule has 4 atom stereocenters. The Morgan fingerprint density at radius 2 is 1.09 bits per heavy atom. The van der Waals surface area contributed by atoms with Crippen molar-refractivity contribution < 1.29 is 19.7 Å². The van der Waals surface area contributed by atoms with E-state index in [1.165, 1.54) is 0 Å². The standard InChI is InChI=1S/C19H32O4/c1-5-9-13-18(16(20)11-7-3)22-15-23-19(14-10-6-2)17(21)12-8-4/h5-12,16-21H,13-15H2,1-4H3. The molecule has 132 valence electrons. The van der Waals surface area contributed by atoms with Crippen LogP contribution in [0.25, 0.3) is 0 Å². The summed E-state index contributed by atoms with van der Waals surface area (Å²) < 4.78 is 11.3. The molecule has 0 aliphatic heterocycles. The van der Waals surface area contributed by atoms with Crippen LogP contribution in [-0.2, 0) is 9.47 Å². The maximum atomic E-state index is 10.1. The molecule has 0 saturated carbocycles. The number of rotatable bonds is 12. The third-order valence-corrected chi connectivity index (χ3v) is 3.31. The lowest BCUT2D eigenvalue weighted by Gasteiger charge is -2.24. The first kappa shape index (κ1) is 21.8. The molecule has 0 fully saturated rings. The van der Waals surface area contributed by atoms with Gasteiger partial charge in [-0.05, 0) is 40.5 Å². The molecule has 23 heavy (non-hydrogen) atoms. The second-order valence-corrected chi connectivity index (χ2v) is 5.17. The highest BCUT2D eigenvalue weighted by atomic mass is 16.7. The van der Waals surface area contributed by atoms with E-state index in [2.05, 4.69) is 0 Å². The molecule has 0 saturated heterocycles. The van der Waals surface area contributed by atoms with Crippen molar-refractivity contribution >= 4 is 0 Å². The summed E-state index contributed by atoms with van der Waals surface area (Å²) in [6.07, 6.45) is 13.8. The normalized spacial score (nSPS) is 18.3. The molecule has 4 heteroatoms. The maximum absolute atomic E-state index is 10.1. The van der Waals surface area contributed by atoms with Gasteiger partial charge in [0.2, 0.25) is 0 Å². The Bertz CT molecular complexity index is 349. The molecule has 0 bridgehead atoms. The molecule has 0 spiro atoms. The number of hydrogen-bond donors (Lipinski definition) is 2. The van der Waals surface area contributed by atoms with Crippen molar-refractivity contribution in [1.82, 2.24) is 0 Å². The zero-order valence-corrected chi connectivity index (χ0v) is 14.8. The monoisotopic (exact) mass is 324 g/mol.